The smallest absolute Gasteiger partial charge is 0.277 e. The van der Waals surface area contributed by atoms with Crippen molar-refractivity contribution in [2.24, 2.45) is 5.10 Å². The third-order valence-electron chi connectivity index (χ3n) is 2.84. The predicted octanol–water partition coefficient (Wildman–Crippen LogP) is 2.93. The largest absolute Gasteiger partial charge is 0.484 e. The second kappa shape index (κ2) is 7.28. The van der Waals surface area contributed by atoms with Crippen LogP contribution in [0.5, 0.6) is 5.75 Å². The first-order chi connectivity index (χ1) is 10.1. The van der Waals surface area contributed by atoms with Gasteiger partial charge in [0.15, 0.2) is 6.61 Å². The SMILES string of the molecule is CC(C)c1ccc(OCC(=O)N/N=C\c2ccco2)cc1. The number of hydrogen-bond acceptors (Lipinski definition) is 4. The van der Waals surface area contributed by atoms with E-state index in [9.17, 15) is 4.79 Å². The van der Waals surface area contributed by atoms with Crippen molar-refractivity contribution in [1.29, 1.82) is 0 Å². The van der Waals surface area contributed by atoms with E-state index in [1.165, 1.54) is 18.0 Å². The molecular weight excluding hydrogens is 268 g/mol. The minimum atomic E-state index is -0.328. The number of furan rings is 1. The van der Waals surface area contributed by atoms with Gasteiger partial charge in [-0.15, -0.1) is 0 Å². The van der Waals surface area contributed by atoms with E-state index in [2.05, 4.69) is 24.4 Å². The molecule has 21 heavy (non-hydrogen) atoms. The zero-order valence-corrected chi connectivity index (χ0v) is 12.1. The molecule has 1 amide bonds. The van der Waals surface area contributed by atoms with E-state index in [0.717, 1.165) is 0 Å². The lowest BCUT2D eigenvalue weighted by atomic mass is 10.0. The van der Waals surface area contributed by atoms with Crippen molar-refractivity contribution < 1.29 is 13.9 Å². The van der Waals surface area contributed by atoms with Crippen molar-refractivity contribution in [1.82, 2.24) is 5.43 Å². The molecule has 0 aliphatic rings. The maximum absolute atomic E-state index is 11.5. The molecule has 0 spiro atoms. The molecule has 0 aliphatic heterocycles. The Hall–Kier alpha value is -2.56. The van der Waals surface area contributed by atoms with Crippen LogP contribution in [-0.2, 0) is 4.79 Å². The fraction of sp³-hybridized carbons (Fsp3) is 0.250. The first kappa shape index (κ1) is 14.8. The van der Waals surface area contributed by atoms with Crippen molar-refractivity contribution in [3.8, 4) is 5.75 Å². The van der Waals surface area contributed by atoms with Crippen LogP contribution in [0.15, 0.2) is 52.2 Å². The number of hydrogen-bond donors (Lipinski definition) is 1. The maximum atomic E-state index is 11.5. The highest BCUT2D eigenvalue weighted by Gasteiger charge is 2.03. The van der Waals surface area contributed by atoms with Crippen LogP contribution < -0.4 is 10.2 Å². The summed E-state index contributed by atoms with van der Waals surface area (Å²) in [7, 11) is 0. The van der Waals surface area contributed by atoms with Crippen LogP contribution >= 0.6 is 0 Å². The summed E-state index contributed by atoms with van der Waals surface area (Å²) in [5.74, 6) is 1.37. The minimum absolute atomic E-state index is 0.0868. The molecule has 5 nitrogen and oxygen atoms in total. The summed E-state index contributed by atoms with van der Waals surface area (Å²) in [5.41, 5.74) is 3.60. The summed E-state index contributed by atoms with van der Waals surface area (Å²) in [4.78, 5) is 11.5. The number of amides is 1. The maximum Gasteiger partial charge on any atom is 0.277 e. The van der Waals surface area contributed by atoms with Crippen LogP contribution in [0.25, 0.3) is 0 Å². The zero-order valence-electron chi connectivity index (χ0n) is 12.1. The molecule has 0 bridgehead atoms. The molecule has 0 saturated heterocycles. The lowest BCUT2D eigenvalue weighted by molar-refractivity contribution is -0.123. The van der Waals surface area contributed by atoms with E-state index in [1.54, 1.807) is 12.1 Å². The number of benzene rings is 1. The van der Waals surface area contributed by atoms with Crippen LogP contribution in [0.4, 0.5) is 0 Å². The Morgan fingerprint density at radius 3 is 2.71 bits per heavy atom. The molecule has 2 rings (SSSR count). The second-order valence-corrected chi connectivity index (χ2v) is 4.82. The number of carbonyl (C=O) groups excluding carboxylic acids is 1. The molecule has 0 saturated carbocycles. The van der Waals surface area contributed by atoms with Gasteiger partial charge in [-0.3, -0.25) is 4.79 Å². The van der Waals surface area contributed by atoms with Crippen molar-refractivity contribution in [2.45, 2.75) is 19.8 Å². The summed E-state index contributed by atoms with van der Waals surface area (Å²) in [6.45, 7) is 4.16. The van der Waals surface area contributed by atoms with Crippen LogP contribution in [-0.4, -0.2) is 18.7 Å². The normalized spacial score (nSPS) is 11.0. The van der Waals surface area contributed by atoms with Crippen LogP contribution in [0, 0.1) is 0 Å². The fourth-order valence-corrected chi connectivity index (χ4v) is 1.66. The number of ether oxygens (including phenoxy) is 1. The number of nitrogens with one attached hydrogen (secondary N) is 1. The molecule has 110 valence electrons. The number of hydrazone groups is 1. The van der Waals surface area contributed by atoms with Crippen molar-refractivity contribution in [2.75, 3.05) is 6.61 Å². The van der Waals surface area contributed by atoms with E-state index >= 15 is 0 Å². The number of nitrogens with zero attached hydrogens (tertiary/aromatic N) is 1. The van der Waals surface area contributed by atoms with Gasteiger partial charge in [-0.05, 0) is 35.7 Å². The highest BCUT2D eigenvalue weighted by atomic mass is 16.5. The first-order valence-corrected chi connectivity index (χ1v) is 6.73. The van der Waals surface area contributed by atoms with Gasteiger partial charge in [-0.25, -0.2) is 5.43 Å². The summed E-state index contributed by atoms with van der Waals surface area (Å²) in [6, 6.07) is 11.2. The molecule has 1 aromatic carbocycles. The molecular formula is C16H18N2O3. The van der Waals surface area contributed by atoms with E-state index in [4.69, 9.17) is 9.15 Å². The Kier molecular flexibility index (Phi) is 5.15. The van der Waals surface area contributed by atoms with Gasteiger partial charge in [0.2, 0.25) is 0 Å². The Morgan fingerprint density at radius 2 is 2.10 bits per heavy atom. The first-order valence-electron chi connectivity index (χ1n) is 6.73. The molecule has 5 heteroatoms. The molecule has 0 radical (unpaired) electrons. The van der Waals surface area contributed by atoms with Crippen molar-refractivity contribution in [3.63, 3.8) is 0 Å². The molecule has 1 N–H and O–H groups in total. The van der Waals surface area contributed by atoms with Crippen molar-refractivity contribution >= 4 is 12.1 Å². The van der Waals surface area contributed by atoms with E-state index in [1.807, 2.05) is 24.3 Å². The fourth-order valence-electron chi connectivity index (χ4n) is 1.66. The van der Waals surface area contributed by atoms with Gasteiger partial charge in [0.05, 0.1) is 12.5 Å². The summed E-state index contributed by atoms with van der Waals surface area (Å²) in [5, 5.41) is 3.77. The number of carbonyl (C=O) groups is 1. The quantitative estimate of drug-likeness (QED) is 0.656. The minimum Gasteiger partial charge on any atom is -0.484 e. The Bertz CT molecular complexity index is 586. The Balaban J connectivity index is 1.76. The predicted molar refractivity (Wildman–Crippen MR) is 80.5 cm³/mol. The monoisotopic (exact) mass is 286 g/mol. The Morgan fingerprint density at radius 1 is 1.33 bits per heavy atom. The summed E-state index contributed by atoms with van der Waals surface area (Å²) < 4.78 is 10.4. The van der Waals surface area contributed by atoms with Gasteiger partial charge in [-0.2, -0.15) is 5.10 Å². The molecule has 1 aromatic heterocycles. The van der Waals surface area contributed by atoms with Gasteiger partial charge in [0.1, 0.15) is 11.5 Å². The number of rotatable bonds is 6. The van der Waals surface area contributed by atoms with E-state index in [0.29, 0.717) is 17.4 Å². The molecule has 0 aliphatic carbocycles. The van der Waals surface area contributed by atoms with Gasteiger partial charge in [0, 0.05) is 0 Å². The molecule has 1 heterocycles. The summed E-state index contributed by atoms with van der Waals surface area (Å²) >= 11 is 0. The van der Waals surface area contributed by atoms with Gasteiger partial charge < -0.3 is 9.15 Å². The van der Waals surface area contributed by atoms with Crippen molar-refractivity contribution in [3.05, 3.63) is 54.0 Å². The zero-order chi connectivity index (χ0) is 15.1. The average Bonchev–Trinajstić information content (AvgIpc) is 2.99. The third kappa shape index (κ3) is 4.80. The van der Waals surface area contributed by atoms with E-state index in [-0.39, 0.29) is 12.5 Å². The second-order valence-electron chi connectivity index (χ2n) is 4.82. The molecule has 0 fully saturated rings. The van der Waals surface area contributed by atoms with E-state index < -0.39 is 0 Å². The van der Waals surface area contributed by atoms with Gasteiger partial charge >= 0.3 is 0 Å². The highest BCUT2D eigenvalue weighted by molar-refractivity contribution is 5.81. The Labute approximate surface area is 123 Å². The molecule has 0 unspecified atom stereocenters. The van der Waals surface area contributed by atoms with Crippen LogP contribution in [0.2, 0.25) is 0 Å². The third-order valence-corrected chi connectivity index (χ3v) is 2.84. The standard InChI is InChI=1S/C16H18N2O3/c1-12(2)13-5-7-14(8-6-13)21-11-16(19)18-17-10-15-4-3-9-20-15/h3-10,12H,11H2,1-2H3,(H,18,19)/b17-10-. The highest BCUT2D eigenvalue weighted by Crippen LogP contribution is 2.18. The molecule has 2 aromatic rings. The van der Waals surface area contributed by atoms with Gasteiger partial charge in [0.25, 0.3) is 5.91 Å². The lowest BCUT2D eigenvalue weighted by Gasteiger charge is -2.08. The van der Waals surface area contributed by atoms with Gasteiger partial charge in [-0.1, -0.05) is 26.0 Å². The lowest BCUT2D eigenvalue weighted by Crippen LogP contribution is -2.24. The average molecular weight is 286 g/mol. The van der Waals surface area contributed by atoms with Crippen LogP contribution in [0.3, 0.4) is 0 Å². The molecule has 0 atom stereocenters. The van der Waals surface area contributed by atoms with Crippen LogP contribution in [0.1, 0.15) is 31.1 Å². The topological polar surface area (TPSA) is 63.8 Å². The summed E-state index contributed by atoms with van der Waals surface area (Å²) in [6.07, 6.45) is 2.96.